The second-order valence-electron chi connectivity index (χ2n) is 8.17. The molecule has 124 valence electrons. The van der Waals surface area contributed by atoms with E-state index in [0.29, 0.717) is 11.8 Å². The summed E-state index contributed by atoms with van der Waals surface area (Å²) in [5.74, 6) is 0.920. The zero-order valence-corrected chi connectivity index (χ0v) is 15.1. The Bertz CT molecular complexity index is 639. The van der Waals surface area contributed by atoms with Crippen LogP contribution < -0.4 is 0 Å². The molecule has 23 heavy (non-hydrogen) atoms. The van der Waals surface area contributed by atoms with Gasteiger partial charge in [-0.1, -0.05) is 55.3 Å². The van der Waals surface area contributed by atoms with Gasteiger partial charge in [0.05, 0.1) is 12.0 Å². The Hall–Kier alpha value is -1.57. The molecule has 1 heterocycles. The van der Waals surface area contributed by atoms with E-state index in [0.717, 1.165) is 19.4 Å². The van der Waals surface area contributed by atoms with Crippen LogP contribution in [-0.4, -0.2) is 17.4 Å². The molecule has 2 fully saturated rings. The fourth-order valence-electron chi connectivity index (χ4n) is 4.25. The normalized spacial score (nSPS) is 28.6. The van der Waals surface area contributed by atoms with E-state index in [4.69, 9.17) is 0 Å². The van der Waals surface area contributed by atoms with E-state index >= 15 is 0 Å². The molecule has 1 aromatic carbocycles. The molecule has 0 aromatic heterocycles. The van der Waals surface area contributed by atoms with Gasteiger partial charge < -0.3 is 4.90 Å². The molecule has 1 amide bonds. The summed E-state index contributed by atoms with van der Waals surface area (Å²) in [5.41, 5.74) is 3.99. The molecule has 2 aliphatic rings. The second-order valence-corrected chi connectivity index (χ2v) is 8.17. The number of hydrogen-bond acceptors (Lipinski definition) is 1. The number of carbonyl (C=O) groups excluding carboxylic acids is 1. The fourth-order valence-corrected chi connectivity index (χ4v) is 4.25. The molecule has 1 aliphatic heterocycles. The minimum atomic E-state index is 0.105. The maximum atomic E-state index is 13.2. The van der Waals surface area contributed by atoms with Gasteiger partial charge in [-0.3, -0.25) is 4.79 Å². The van der Waals surface area contributed by atoms with Gasteiger partial charge in [0.15, 0.2) is 0 Å². The number of carbonyl (C=O) groups is 1. The summed E-state index contributed by atoms with van der Waals surface area (Å²) < 4.78 is 0. The molecule has 0 radical (unpaired) electrons. The molecule has 3 rings (SSSR count). The van der Waals surface area contributed by atoms with E-state index in [1.54, 1.807) is 0 Å². The Kier molecular flexibility index (Phi) is 4.12. The molecule has 1 aromatic rings. The van der Waals surface area contributed by atoms with Gasteiger partial charge in [-0.15, -0.1) is 0 Å². The quantitative estimate of drug-likeness (QED) is 0.727. The van der Waals surface area contributed by atoms with Crippen LogP contribution in [0.25, 0.3) is 0 Å². The van der Waals surface area contributed by atoms with Crippen molar-refractivity contribution in [3.05, 3.63) is 47.0 Å². The van der Waals surface area contributed by atoms with Crippen molar-refractivity contribution < 1.29 is 4.79 Å². The molecular formula is C21H29NO. The summed E-state index contributed by atoms with van der Waals surface area (Å²) in [6.45, 7) is 11.8. The summed E-state index contributed by atoms with van der Waals surface area (Å²) in [6, 6.07) is 8.92. The lowest BCUT2D eigenvalue weighted by Gasteiger charge is -2.26. The maximum absolute atomic E-state index is 13.2. The van der Waals surface area contributed by atoms with E-state index < -0.39 is 0 Å². The summed E-state index contributed by atoms with van der Waals surface area (Å²) >= 11 is 0. The number of allylic oxidation sites excluding steroid dienone is 2. The zero-order valence-electron chi connectivity index (χ0n) is 15.1. The predicted octanol–water partition coefficient (Wildman–Crippen LogP) is 4.90. The van der Waals surface area contributed by atoms with Gasteiger partial charge in [0.1, 0.15) is 0 Å². The summed E-state index contributed by atoms with van der Waals surface area (Å²) in [7, 11) is 0. The van der Waals surface area contributed by atoms with Crippen LogP contribution in [0.5, 0.6) is 0 Å². The standard InChI is InChI=1S/C21H29NO/c1-14(2)12-17-19(21(17,4)5)20(23)22-11-7-10-18(22)16-9-6-8-15(3)13-16/h6,8-9,12-13,17-19H,7,10-11H2,1-5H3/t17-,18+,19+/m1/s1. The molecule has 0 spiro atoms. The highest BCUT2D eigenvalue weighted by atomic mass is 16.2. The molecule has 0 bridgehead atoms. The first kappa shape index (κ1) is 16.3. The zero-order chi connectivity index (χ0) is 16.8. The van der Waals surface area contributed by atoms with Gasteiger partial charge in [-0.2, -0.15) is 0 Å². The van der Waals surface area contributed by atoms with E-state index in [9.17, 15) is 4.79 Å². The highest BCUT2D eigenvalue weighted by Gasteiger charge is 2.61. The Morgan fingerprint density at radius 3 is 2.70 bits per heavy atom. The molecule has 3 atom stereocenters. The van der Waals surface area contributed by atoms with Crippen molar-refractivity contribution in [2.45, 2.75) is 53.5 Å². The number of nitrogens with zero attached hydrogens (tertiary/aromatic N) is 1. The summed E-state index contributed by atoms with van der Waals surface area (Å²) in [6.07, 6.45) is 4.50. The number of likely N-dealkylation sites (tertiary alicyclic amines) is 1. The van der Waals surface area contributed by atoms with Crippen LogP contribution in [-0.2, 0) is 4.79 Å². The van der Waals surface area contributed by atoms with Crippen LogP contribution in [0.4, 0.5) is 0 Å². The van der Waals surface area contributed by atoms with Crippen molar-refractivity contribution in [1.29, 1.82) is 0 Å². The van der Waals surface area contributed by atoms with E-state index in [2.05, 4.69) is 69.9 Å². The monoisotopic (exact) mass is 311 g/mol. The van der Waals surface area contributed by atoms with Crippen molar-refractivity contribution >= 4 is 5.91 Å². The van der Waals surface area contributed by atoms with Crippen molar-refractivity contribution in [2.24, 2.45) is 17.3 Å². The highest BCUT2D eigenvalue weighted by Crippen LogP contribution is 2.60. The maximum Gasteiger partial charge on any atom is 0.227 e. The third-order valence-corrected chi connectivity index (χ3v) is 5.65. The van der Waals surface area contributed by atoms with E-state index in [1.165, 1.54) is 16.7 Å². The average Bonchev–Trinajstić information content (AvgIpc) is 2.86. The largest absolute Gasteiger partial charge is 0.335 e. The van der Waals surface area contributed by atoms with Crippen molar-refractivity contribution in [3.63, 3.8) is 0 Å². The lowest BCUT2D eigenvalue weighted by atomic mass is 10.0. The molecule has 0 N–H and O–H groups in total. The second kappa shape index (κ2) is 5.81. The lowest BCUT2D eigenvalue weighted by molar-refractivity contribution is -0.134. The van der Waals surface area contributed by atoms with Crippen LogP contribution >= 0.6 is 0 Å². The van der Waals surface area contributed by atoms with E-state index in [1.807, 2.05) is 0 Å². The van der Waals surface area contributed by atoms with Crippen molar-refractivity contribution in [2.75, 3.05) is 6.54 Å². The SMILES string of the molecule is CC(C)=C[C@@H]1[C@@H](C(=O)N2CCC[C@H]2c2cccc(C)c2)C1(C)C. The molecule has 0 unspecified atom stereocenters. The van der Waals surface area contributed by atoms with Crippen LogP contribution in [0.1, 0.15) is 57.7 Å². The molecule has 1 aliphatic carbocycles. The molecular weight excluding hydrogens is 282 g/mol. The molecule has 1 saturated carbocycles. The fraction of sp³-hybridized carbons (Fsp3) is 0.571. The van der Waals surface area contributed by atoms with Crippen molar-refractivity contribution in [1.82, 2.24) is 4.90 Å². The van der Waals surface area contributed by atoms with Crippen LogP contribution in [0.2, 0.25) is 0 Å². The molecule has 1 saturated heterocycles. The van der Waals surface area contributed by atoms with Gasteiger partial charge in [-0.25, -0.2) is 0 Å². The Balaban J connectivity index is 1.81. The third-order valence-electron chi connectivity index (χ3n) is 5.65. The highest BCUT2D eigenvalue weighted by molar-refractivity contribution is 5.84. The van der Waals surface area contributed by atoms with Crippen LogP contribution in [0.3, 0.4) is 0 Å². The number of benzene rings is 1. The first-order chi connectivity index (χ1) is 10.8. The number of rotatable bonds is 3. The van der Waals surface area contributed by atoms with Crippen molar-refractivity contribution in [3.8, 4) is 0 Å². The number of aryl methyl sites for hydroxylation is 1. The van der Waals surface area contributed by atoms with Gasteiger partial charge >= 0.3 is 0 Å². The minimum Gasteiger partial charge on any atom is -0.335 e. The van der Waals surface area contributed by atoms with E-state index in [-0.39, 0.29) is 17.4 Å². The van der Waals surface area contributed by atoms with Gasteiger partial charge in [0, 0.05) is 6.54 Å². The Labute approximate surface area is 140 Å². The van der Waals surface area contributed by atoms with Crippen LogP contribution in [0, 0.1) is 24.2 Å². The lowest BCUT2D eigenvalue weighted by Crippen LogP contribution is -2.33. The average molecular weight is 311 g/mol. The molecule has 2 nitrogen and oxygen atoms in total. The minimum absolute atomic E-state index is 0.105. The summed E-state index contributed by atoms with van der Waals surface area (Å²) in [5, 5.41) is 0. The number of amides is 1. The first-order valence-corrected chi connectivity index (χ1v) is 8.84. The third kappa shape index (κ3) is 2.96. The van der Waals surface area contributed by atoms with Crippen LogP contribution in [0.15, 0.2) is 35.9 Å². The summed E-state index contributed by atoms with van der Waals surface area (Å²) in [4.78, 5) is 15.3. The van der Waals surface area contributed by atoms with Gasteiger partial charge in [0.2, 0.25) is 5.91 Å². The van der Waals surface area contributed by atoms with Gasteiger partial charge in [-0.05, 0) is 50.5 Å². The predicted molar refractivity (Wildman–Crippen MR) is 95.1 cm³/mol. The smallest absolute Gasteiger partial charge is 0.227 e. The van der Waals surface area contributed by atoms with Gasteiger partial charge in [0.25, 0.3) is 0 Å². The number of hydrogen-bond donors (Lipinski definition) is 0. The first-order valence-electron chi connectivity index (χ1n) is 8.84. The Morgan fingerprint density at radius 2 is 2.04 bits per heavy atom. The topological polar surface area (TPSA) is 20.3 Å². The molecule has 2 heteroatoms. The Morgan fingerprint density at radius 1 is 1.30 bits per heavy atom.